The van der Waals surface area contributed by atoms with E-state index in [4.69, 9.17) is 9.26 Å². The van der Waals surface area contributed by atoms with Crippen molar-refractivity contribution in [2.45, 2.75) is 83.1 Å². The van der Waals surface area contributed by atoms with Crippen LogP contribution in [-0.2, 0) is 39.6 Å². The Bertz CT molecular complexity index is 3020. The topological polar surface area (TPSA) is 126 Å². The maximum Gasteiger partial charge on any atom is 0.358 e. The van der Waals surface area contributed by atoms with E-state index in [1.54, 1.807) is 0 Å². The van der Waals surface area contributed by atoms with Crippen LogP contribution >= 0.6 is 7.60 Å². The molecule has 0 spiro atoms. The first-order chi connectivity index (χ1) is 31.8. The van der Waals surface area contributed by atoms with Gasteiger partial charge in [0.05, 0.1) is 29.1 Å². The largest absolute Gasteiger partial charge is 0.478 e. The van der Waals surface area contributed by atoms with Gasteiger partial charge in [0.25, 0.3) is 0 Å². The predicted octanol–water partition coefficient (Wildman–Crippen LogP) is 8.25. The van der Waals surface area contributed by atoms with E-state index in [0.717, 1.165) is 110 Å². The van der Waals surface area contributed by atoms with Gasteiger partial charge >= 0.3 is 19.5 Å². The van der Waals surface area contributed by atoms with Gasteiger partial charge in [-0.1, -0.05) is 36.8 Å². The number of fused-ring (bicyclic) bond motifs is 4. The molecule has 2 N–H and O–H groups in total. The lowest BCUT2D eigenvalue weighted by molar-refractivity contribution is -0.135. The van der Waals surface area contributed by atoms with Crippen LogP contribution in [0.5, 0.6) is 17.2 Å². The van der Waals surface area contributed by atoms with Gasteiger partial charge in [0.15, 0.2) is 0 Å². The monoisotopic (exact) mass is 927 g/mol. The summed E-state index contributed by atoms with van der Waals surface area (Å²) in [5, 5.41) is 12.6. The van der Waals surface area contributed by atoms with E-state index >= 15 is 0 Å². The number of anilines is 1. The lowest BCUT2D eigenvalue weighted by Crippen LogP contribution is -2.45. The second-order valence-corrected chi connectivity index (χ2v) is 19.3. The minimum absolute atomic E-state index is 0.0315. The SMILES string of the molecule is O=C(CCCCCOP(=O)(O)c1ccc(C(=O)O)c(C2=c3cc4c5c(c3Oc3c2cc2c6c3CCCN6C(c3ccccc3)CC2)CCC[N+]=5CCC4)c1)Oc1c(F)c(F)c(F)c(F)c1F. The third-order valence-electron chi connectivity index (χ3n) is 13.5. The number of unbranched alkanes of at least 4 members (excludes halogenated alkanes) is 2. The van der Waals surface area contributed by atoms with Crippen molar-refractivity contribution in [3.63, 3.8) is 0 Å². The first kappa shape index (κ1) is 44.0. The Labute approximate surface area is 376 Å². The first-order valence-corrected chi connectivity index (χ1v) is 24.0. The number of benzene rings is 5. The summed E-state index contributed by atoms with van der Waals surface area (Å²) < 4.78 is 102. The van der Waals surface area contributed by atoms with E-state index in [2.05, 4.69) is 50.6 Å². The molecule has 0 aliphatic carbocycles. The fourth-order valence-electron chi connectivity index (χ4n) is 10.6. The Balaban J connectivity index is 0.986. The van der Waals surface area contributed by atoms with Gasteiger partial charge in [0, 0.05) is 59.0 Å². The van der Waals surface area contributed by atoms with Crippen molar-refractivity contribution < 1.29 is 60.1 Å². The number of carbonyl (C=O) groups is 2. The predicted molar refractivity (Wildman–Crippen MR) is 234 cm³/mol. The van der Waals surface area contributed by atoms with Crippen LogP contribution in [0.3, 0.4) is 0 Å². The molecule has 10 rings (SSSR count). The Morgan fingerprint density at radius 3 is 2.27 bits per heavy atom. The number of rotatable bonds is 12. The quantitative estimate of drug-likeness (QED) is 0.0183. The fraction of sp³-hybridized carbons (Fsp3) is 0.340. The molecule has 0 bridgehead atoms. The van der Waals surface area contributed by atoms with E-state index in [1.165, 1.54) is 29.1 Å². The minimum atomic E-state index is -4.61. The molecule has 10 nitrogen and oxygen atoms in total. The van der Waals surface area contributed by atoms with Gasteiger partial charge in [-0.05, 0) is 98.4 Å². The molecule has 5 aliphatic heterocycles. The molecule has 16 heteroatoms. The average molecular weight is 928 g/mol. The number of carbonyl (C=O) groups excluding carboxylic acids is 1. The number of esters is 1. The number of carboxylic acid groups (broad SMARTS) is 1. The third kappa shape index (κ3) is 7.58. The number of ether oxygens (including phenoxy) is 2. The number of halogens is 5. The lowest BCUT2D eigenvalue weighted by Gasteiger charge is -2.44. The Morgan fingerprint density at radius 2 is 1.52 bits per heavy atom. The zero-order chi connectivity index (χ0) is 46.0. The molecule has 2 unspecified atom stereocenters. The van der Waals surface area contributed by atoms with Crippen molar-refractivity contribution in [2.75, 3.05) is 31.1 Å². The van der Waals surface area contributed by atoms with Crippen molar-refractivity contribution in [2.24, 2.45) is 0 Å². The van der Waals surface area contributed by atoms with Crippen LogP contribution in [0.4, 0.5) is 27.6 Å². The summed E-state index contributed by atoms with van der Waals surface area (Å²) in [6.07, 6.45) is 6.76. The summed E-state index contributed by atoms with van der Waals surface area (Å²) in [4.78, 5) is 39.4. The molecular formula is C50H45F5N2O8P+. The summed E-state index contributed by atoms with van der Waals surface area (Å²) >= 11 is 0. The summed E-state index contributed by atoms with van der Waals surface area (Å²) in [5.41, 5.74) is 8.42. The zero-order valence-corrected chi connectivity index (χ0v) is 36.6. The van der Waals surface area contributed by atoms with E-state index in [1.807, 2.05) is 6.07 Å². The Kier molecular flexibility index (Phi) is 11.6. The van der Waals surface area contributed by atoms with Crippen LogP contribution in [0.15, 0.2) is 60.7 Å². The maximum atomic E-state index is 14.0. The average Bonchev–Trinajstić information content (AvgIpc) is 3.32. The van der Waals surface area contributed by atoms with Gasteiger partial charge in [-0.25, -0.2) is 22.5 Å². The first-order valence-electron chi connectivity index (χ1n) is 22.4. The van der Waals surface area contributed by atoms with Crippen LogP contribution in [0.1, 0.15) is 107 Å². The standard InChI is InChI=1S/C50H44F5N2O8P/c51-40-41(52)43(54)49(44(55)42(40)53)64-38(58)15-5-2-6-23-63-66(61,62)30-17-18-31(50(59)60)34(26-30)39-35-24-28-12-7-20-56-21-8-13-32(45(28)56)47(35)65-48-33-14-9-22-57-37(27-10-3-1-4-11-27)19-16-29(46(33)57)25-36(39)48/h1,3-4,10-11,17-18,24-26,37H,2,5-9,12-16,19-23H2,(H-,59,60,61,62)/p+1. The second-order valence-electron chi connectivity index (χ2n) is 17.5. The van der Waals surface area contributed by atoms with E-state index in [9.17, 15) is 46.1 Å². The highest BCUT2D eigenvalue weighted by Gasteiger charge is 2.39. The molecule has 5 aliphatic rings. The van der Waals surface area contributed by atoms with E-state index in [0.29, 0.717) is 17.1 Å². The van der Waals surface area contributed by atoms with Crippen LogP contribution in [0, 0.1) is 29.1 Å². The highest BCUT2D eigenvalue weighted by molar-refractivity contribution is 7.61. The number of nitrogens with zero attached hydrogens (tertiary/aromatic N) is 2. The van der Waals surface area contributed by atoms with Gasteiger partial charge in [0.1, 0.15) is 24.6 Å². The number of hydrogen-bond donors (Lipinski definition) is 2. The molecule has 0 saturated heterocycles. The molecule has 0 radical (unpaired) electrons. The molecule has 66 heavy (non-hydrogen) atoms. The number of aryl methyl sites for hydroxylation is 2. The molecule has 2 atom stereocenters. The Morgan fingerprint density at radius 1 is 0.788 bits per heavy atom. The summed E-state index contributed by atoms with van der Waals surface area (Å²) in [6.45, 7) is 2.49. The highest BCUT2D eigenvalue weighted by atomic mass is 31.2. The number of hydrogen-bond acceptors (Lipinski definition) is 7. The van der Waals surface area contributed by atoms with Crippen LogP contribution < -0.4 is 34.8 Å². The van der Waals surface area contributed by atoms with Gasteiger partial charge in [0.2, 0.25) is 40.2 Å². The van der Waals surface area contributed by atoms with Crippen molar-refractivity contribution in [1.82, 2.24) is 4.58 Å². The van der Waals surface area contributed by atoms with Crippen molar-refractivity contribution in [3.05, 3.63) is 145 Å². The van der Waals surface area contributed by atoms with Gasteiger partial charge in [-0.2, -0.15) is 8.78 Å². The Hall–Kier alpha value is -5.89. The van der Waals surface area contributed by atoms with Gasteiger partial charge < -0.3 is 28.9 Å². The van der Waals surface area contributed by atoms with Crippen LogP contribution in [0.2, 0.25) is 0 Å². The molecule has 0 fully saturated rings. The molecule has 0 aromatic heterocycles. The zero-order valence-electron chi connectivity index (χ0n) is 35.7. The van der Waals surface area contributed by atoms with Crippen LogP contribution in [-0.4, -0.2) is 48.2 Å². The van der Waals surface area contributed by atoms with Crippen molar-refractivity contribution >= 4 is 36.1 Å². The molecule has 5 heterocycles. The minimum Gasteiger partial charge on any atom is -0.478 e. The normalized spacial score (nSPS) is 17.8. The molecule has 5 aromatic carbocycles. The summed E-state index contributed by atoms with van der Waals surface area (Å²) in [5.74, 6) is -14.2. The third-order valence-corrected chi connectivity index (χ3v) is 15.0. The van der Waals surface area contributed by atoms with Crippen molar-refractivity contribution in [3.8, 4) is 17.2 Å². The van der Waals surface area contributed by atoms with E-state index in [-0.39, 0.29) is 48.3 Å². The molecule has 0 amide bonds. The second kappa shape index (κ2) is 17.4. The molecular weight excluding hydrogens is 883 g/mol. The van der Waals surface area contributed by atoms with Gasteiger partial charge in [-0.15, -0.1) is 0 Å². The molecule has 342 valence electrons. The molecule has 0 saturated carbocycles. The number of carboxylic acids is 1. The lowest BCUT2D eigenvalue weighted by atomic mass is 9.80. The number of aromatic carboxylic acids is 1. The van der Waals surface area contributed by atoms with Crippen molar-refractivity contribution in [1.29, 1.82) is 0 Å². The fourth-order valence-corrected chi connectivity index (χ4v) is 11.7. The maximum absolute atomic E-state index is 14.0. The smallest absolute Gasteiger partial charge is 0.358 e. The van der Waals surface area contributed by atoms with Gasteiger partial charge in [-0.3, -0.25) is 9.36 Å². The van der Waals surface area contributed by atoms with Crippen LogP contribution in [0.25, 0.3) is 5.57 Å². The van der Waals surface area contributed by atoms with E-state index < -0.39 is 60.8 Å². The highest BCUT2D eigenvalue weighted by Crippen LogP contribution is 2.52. The summed E-state index contributed by atoms with van der Waals surface area (Å²) in [6, 6.07) is 19.0. The summed E-state index contributed by atoms with van der Waals surface area (Å²) in [7, 11) is -4.61. The molecule has 5 aromatic rings.